The lowest BCUT2D eigenvalue weighted by Crippen LogP contribution is -2.10. The normalized spacial score (nSPS) is 12.3. The molecule has 0 saturated carbocycles. The monoisotopic (exact) mass is 368 g/mol. The van der Waals surface area contributed by atoms with Gasteiger partial charge in [-0.15, -0.1) is 0 Å². The number of aromatic nitrogens is 3. The van der Waals surface area contributed by atoms with E-state index in [1.165, 1.54) is 10.8 Å². The molecule has 1 aromatic carbocycles. The number of fused-ring (bicyclic) bond motifs is 1. The minimum Gasteiger partial charge on any atom is -0.292 e. The van der Waals surface area contributed by atoms with Gasteiger partial charge >= 0.3 is 0 Å². The Bertz CT molecular complexity index is 961. The maximum Gasteiger partial charge on any atom is 0.216 e. The summed E-state index contributed by atoms with van der Waals surface area (Å²) < 4.78 is 16.0. The highest BCUT2D eigenvalue weighted by atomic mass is 35.5. The van der Waals surface area contributed by atoms with Gasteiger partial charge in [0.25, 0.3) is 0 Å². The van der Waals surface area contributed by atoms with Crippen LogP contribution in [0.1, 0.15) is 24.1 Å². The van der Waals surface area contributed by atoms with Crippen molar-refractivity contribution >= 4 is 46.0 Å². The van der Waals surface area contributed by atoms with Gasteiger partial charge in [0.2, 0.25) is 5.95 Å². The first-order chi connectivity index (χ1) is 10.9. The molecule has 0 fully saturated rings. The Kier molecular flexibility index (Phi) is 4.15. The Morgan fingerprint density at radius 1 is 1.30 bits per heavy atom. The van der Waals surface area contributed by atoms with Crippen molar-refractivity contribution in [3.8, 4) is 6.07 Å². The number of hydrogen-bond donors (Lipinski definition) is 0. The van der Waals surface area contributed by atoms with Crippen molar-refractivity contribution < 1.29 is 4.39 Å². The molecule has 0 aliphatic heterocycles. The number of hydrogen-bond acceptors (Lipinski definition) is 3. The minimum atomic E-state index is -0.733. The van der Waals surface area contributed by atoms with E-state index in [4.69, 9.17) is 34.8 Å². The van der Waals surface area contributed by atoms with E-state index in [1.807, 2.05) is 6.07 Å². The molecule has 0 amide bonds. The Morgan fingerprint density at radius 2 is 2.04 bits per heavy atom. The minimum absolute atomic E-state index is 0.107. The highest BCUT2D eigenvalue weighted by Gasteiger charge is 2.25. The second-order valence-electron chi connectivity index (χ2n) is 4.85. The van der Waals surface area contributed by atoms with E-state index >= 15 is 0 Å². The third kappa shape index (κ3) is 2.63. The van der Waals surface area contributed by atoms with Gasteiger partial charge in [0, 0.05) is 10.0 Å². The average Bonchev–Trinajstić information content (AvgIpc) is 2.77. The fourth-order valence-electron chi connectivity index (χ4n) is 2.45. The van der Waals surface area contributed by atoms with Crippen LogP contribution in [0.25, 0.3) is 11.2 Å². The van der Waals surface area contributed by atoms with Crippen molar-refractivity contribution in [1.82, 2.24) is 14.5 Å². The first-order valence-electron chi connectivity index (χ1n) is 6.51. The molecule has 23 heavy (non-hydrogen) atoms. The van der Waals surface area contributed by atoms with Crippen molar-refractivity contribution in [2.45, 2.75) is 13.0 Å². The summed E-state index contributed by atoms with van der Waals surface area (Å²) in [4.78, 5) is 8.12. The Labute approximate surface area is 146 Å². The van der Waals surface area contributed by atoms with E-state index in [9.17, 15) is 9.65 Å². The van der Waals surface area contributed by atoms with Crippen LogP contribution in [0.15, 0.2) is 24.4 Å². The van der Waals surface area contributed by atoms with Gasteiger partial charge in [0.05, 0.1) is 12.2 Å². The molecule has 0 radical (unpaired) electrons. The molecule has 4 nitrogen and oxygen atoms in total. The van der Waals surface area contributed by atoms with E-state index in [0.717, 1.165) is 0 Å². The second kappa shape index (κ2) is 5.97. The molecule has 3 aromatic rings. The zero-order chi connectivity index (χ0) is 16.7. The summed E-state index contributed by atoms with van der Waals surface area (Å²) in [5.41, 5.74) is 0.802. The van der Waals surface area contributed by atoms with E-state index in [-0.39, 0.29) is 21.9 Å². The highest BCUT2D eigenvalue weighted by Crippen LogP contribution is 2.33. The van der Waals surface area contributed by atoms with Crippen molar-refractivity contribution in [2.24, 2.45) is 0 Å². The number of nitrogens with zero attached hydrogens (tertiary/aromatic N) is 4. The molecule has 8 heteroatoms. The molecule has 2 heterocycles. The lowest BCUT2D eigenvalue weighted by atomic mass is 10.1. The van der Waals surface area contributed by atoms with Gasteiger partial charge in [-0.3, -0.25) is 4.57 Å². The summed E-state index contributed by atoms with van der Waals surface area (Å²) in [6.07, 6.45) is 1.27. The maximum absolute atomic E-state index is 14.7. The number of benzene rings is 1. The van der Waals surface area contributed by atoms with Crippen LogP contribution in [0.5, 0.6) is 0 Å². The summed E-state index contributed by atoms with van der Waals surface area (Å²) in [7, 11) is 0. The third-order valence-corrected chi connectivity index (χ3v) is 4.26. The van der Waals surface area contributed by atoms with Crippen LogP contribution in [0, 0.1) is 17.3 Å². The van der Waals surface area contributed by atoms with Gasteiger partial charge in [0.1, 0.15) is 22.3 Å². The molecule has 0 aliphatic carbocycles. The number of rotatable bonds is 2. The van der Waals surface area contributed by atoms with Gasteiger partial charge in [0.15, 0.2) is 5.65 Å². The van der Waals surface area contributed by atoms with Crippen LogP contribution in [0.4, 0.5) is 4.39 Å². The first kappa shape index (κ1) is 16.0. The predicted molar refractivity (Wildman–Crippen MR) is 87.5 cm³/mol. The molecule has 1 atom stereocenters. The molecule has 116 valence electrons. The third-order valence-electron chi connectivity index (χ3n) is 3.52. The summed E-state index contributed by atoms with van der Waals surface area (Å²) in [6.45, 7) is 1.74. The van der Waals surface area contributed by atoms with Crippen molar-refractivity contribution in [2.75, 3.05) is 0 Å². The highest BCUT2D eigenvalue weighted by molar-refractivity contribution is 6.35. The predicted octanol–water partition coefficient (Wildman–Crippen LogP) is 5.01. The summed E-state index contributed by atoms with van der Waals surface area (Å²) in [5.74, 6) is -0.733. The standard InChI is InChI=1S/C15H8Cl3FN4/c1-7(9-3-2-8(16)4-11(9)17)23-14(19)10(5-20)13-15(23)22-12(18)6-21-13/h2-4,6-7H,1H3. The molecule has 0 aliphatic rings. The average molecular weight is 370 g/mol. The summed E-state index contributed by atoms with van der Waals surface area (Å²) in [6, 6.07) is 6.21. The lowest BCUT2D eigenvalue weighted by Gasteiger charge is -2.17. The quantitative estimate of drug-likeness (QED) is 0.638. The zero-order valence-corrected chi connectivity index (χ0v) is 14.0. The van der Waals surface area contributed by atoms with Gasteiger partial charge in [-0.2, -0.15) is 9.65 Å². The van der Waals surface area contributed by atoms with Gasteiger partial charge < -0.3 is 0 Å². The van der Waals surface area contributed by atoms with Crippen LogP contribution in [0.2, 0.25) is 15.2 Å². The number of halogens is 4. The van der Waals surface area contributed by atoms with Gasteiger partial charge in [-0.1, -0.05) is 40.9 Å². The fraction of sp³-hybridized carbons (Fsp3) is 0.133. The van der Waals surface area contributed by atoms with Crippen molar-refractivity contribution in [3.63, 3.8) is 0 Å². The van der Waals surface area contributed by atoms with Gasteiger partial charge in [-0.05, 0) is 24.6 Å². The van der Waals surface area contributed by atoms with Crippen LogP contribution < -0.4 is 0 Å². The molecule has 2 aromatic heterocycles. The molecule has 0 spiro atoms. The van der Waals surface area contributed by atoms with Crippen molar-refractivity contribution in [1.29, 1.82) is 5.26 Å². The smallest absolute Gasteiger partial charge is 0.216 e. The second-order valence-corrected chi connectivity index (χ2v) is 6.09. The largest absolute Gasteiger partial charge is 0.292 e. The zero-order valence-electron chi connectivity index (χ0n) is 11.7. The van der Waals surface area contributed by atoms with Crippen LogP contribution in [0.3, 0.4) is 0 Å². The van der Waals surface area contributed by atoms with E-state index < -0.39 is 12.0 Å². The first-order valence-corrected chi connectivity index (χ1v) is 7.64. The Hall–Kier alpha value is -1.87. The van der Waals surface area contributed by atoms with Crippen LogP contribution >= 0.6 is 34.8 Å². The SMILES string of the molecule is CC(c1ccc(Cl)cc1Cl)n1c(F)c(C#N)c2ncc(Cl)nc21. The maximum atomic E-state index is 14.7. The molecule has 0 saturated heterocycles. The molecular weight excluding hydrogens is 362 g/mol. The molecule has 3 rings (SSSR count). The Morgan fingerprint density at radius 3 is 2.70 bits per heavy atom. The molecule has 0 N–H and O–H groups in total. The van der Waals surface area contributed by atoms with E-state index in [0.29, 0.717) is 15.6 Å². The van der Waals surface area contributed by atoms with Crippen LogP contribution in [-0.2, 0) is 0 Å². The summed E-state index contributed by atoms with van der Waals surface area (Å²) >= 11 is 18.0. The molecule has 0 bridgehead atoms. The Balaban J connectivity index is 2.29. The summed E-state index contributed by atoms with van der Waals surface area (Å²) in [5, 5.41) is 10.2. The molecular formula is C15H8Cl3FN4. The fourth-order valence-corrected chi connectivity index (χ4v) is 3.14. The molecule has 1 unspecified atom stereocenters. The topological polar surface area (TPSA) is 54.5 Å². The van der Waals surface area contributed by atoms with Crippen LogP contribution in [-0.4, -0.2) is 14.5 Å². The lowest BCUT2D eigenvalue weighted by molar-refractivity contribution is 0.479. The van der Waals surface area contributed by atoms with E-state index in [1.54, 1.807) is 25.1 Å². The van der Waals surface area contributed by atoms with E-state index in [2.05, 4.69) is 9.97 Å². The van der Waals surface area contributed by atoms with Crippen molar-refractivity contribution in [3.05, 3.63) is 56.7 Å². The van der Waals surface area contributed by atoms with Gasteiger partial charge in [-0.25, -0.2) is 9.97 Å². The number of nitriles is 1.